The van der Waals surface area contributed by atoms with E-state index in [0.29, 0.717) is 13.0 Å². The highest BCUT2D eigenvalue weighted by Crippen LogP contribution is 2.20. The van der Waals surface area contributed by atoms with Gasteiger partial charge >= 0.3 is 0 Å². The maximum atomic E-state index is 13.2. The molecule has 1 N–H and O–H groups in total. The molecule has 0 saturated carbocycles. The Morgan fingerprint density at radius 3 is 2.32 bits per heavy atom. The normalized spacial score (nSPS) is 15.8. The lowest BCUT2D eigenvalue weighted by molar-refractivity contribution is 0.255. The van der Waals surface area contributed by atoms with Gasteiger partial charge in [-0.15, -0.1) is 0 Å². The summed E-state index contributed by atoms with van der Waals surface area (Å²) in [6.07, 6.45) is 0.690. The van der Waals surface area contributed by atoms with Gasteiger partial charge in [0.25, 0.3) is 0 Å². The minimum atomic E-state index is -3.69. The molecular weight excluding hydrogens is 424 g/mol. The molecule has 1 saturated heterocycles. The van der Waals surface area contributed by atoms with E-state index in [9.17, 15) is 12.8 Å². The second-order valence-corrected chi connectivity index (χ2v) is 9.24. The molecule has 1 fully saturated rings. The van der Waals surface area contributed by atoms with E-state index in [1.165, 1.54) is 6.07 Å². The summed E-state index contributed by atoms with van der Waals surface area (Å²) in [4.78, 5) is 4.60. The van der Waals surface area contributed by atoms with Crippen molar-refractivity contribution in [2.24, 2.45) is 0 Å². The van der Waals surface area contributed by atoms with Gasteiger partial charge in [0.1, 0.15) is 5.82 Å². The van der Waals surface area contributed by atoms with Gasteiger partial charge in [0.05, 0.1) is 9.92 Å². The minimum Gasteiger partial charge on any atom is -0.369 e. The lowest BCUT2D eigenvalue weighted by Crippen LogP contribution is -2.47. The first-order chi connectivity index (χ1) is 13.3. The molecule has 1 heterocycles. The number of hydrogen-bond donors (Lipinski definition) is 1. The largest absolute Gasteiger partial charge is 0.369 e. The lowest BCUT2D eigenvalue weighted by atomic mass is 10.2. The van der Waals surface area contributed by atoms with Crippen LogP contribution in [0.5, 0.6) is 0 Å². The number of hydrogen-bond acceptors (Lipinski definition) is 4. The average Bonchev–Trinajstić information content (AvgIpc) is 2.68. The van der Waals surface area contributed by atoms with Gasteiger partial charge in [-0.1, -0.05) is 23.2 Å². The summed E-state index contributed by atoms with van der Waals surface area (Å²) < 4.78 is 40.2. The Balaban J connectivity index is 1.41. The van der Waals surface area contributed by atoms with E-state index in [2.05, 4.69) is 14.5 Å². The van der Waals surface area contributed by atoms with Crippen LogP contribution in [0.3, 0.4) is 0 Å². The molecule has 1 aliphatic heterocycles. The molecule has 0 atom stereocenters. The van der Waals surface area contributed by atoms with E-state index in [1.54, 1.807) is 0 Å². The van der Waals surface area contributed by atoms with Crippen molar-refractivity contribution in [3.8, 4) is 0 Å². The molecule has 3 rings (SSSR count). The van der Waals surface area contributed by atoms with Gasteiger partial charge in [0.2, 0.25) is 10.0 Å². The van der Waals surface area contributed by atoms with Crippen LogP contribution in [0.1, 0.15) is 6.42 Å². The molecule has 9 heteroatoms. The molecule has 0 aliphatic carbocycles. The Bertz CT molecular complexity index is 902. The molecule has 0 spiro atoms. The molecule has 0 amide bonds. The van der Waals surface area contributed by atoms with Crippen LogP contribution >= 0.6 is 23.2 Å². The molecule has 5 nitrogen and oxygen atoms in total. The smallest absolute Gasteiger partial charge is 0.240 e. The zero-order chi connectivity index (χ0) is 20.1. The van der Waals surface area contributed by atoms with Crippen LogP contribution < -0.4 is 9.62 Å². The third-order valence-corrected chi connectivity index (χ3v) is 6.71. The molecule has 2 aromatic carbocycles. The fourth-order valence-corrected chi connectivity index (χ4v) is 4.59. The van der Waals surface area contributed by atoms with Crippen LogP contribution in [0.25, 0.3) is 0 Å². The number of benzene rings is 2. The number of sulfonamides is 1. The van der Waals surface area contributed by atoms with Crippen molar-refractivity contribution >= 4 is 38.9 Å². The number of anilines is 1. The number of nitrogens with one attached hydrogen (secondary N) is 1. The highest BCUT2D eigenvalue weighted by Gasteiger charge is 2.18. The Labute approximate surface area is 175 Å². The molecule has 0 bridgehead atoms. The standard InChI is InChI=1S/C19H22Cl2FN3O2S/c20-15-2-4-16(5-3-15)25-12-10-24(11-13-25)9-1-8-23-28(26,27)17-6-7-19(22)18(21)14-17/h2-7,14,23H,1,8-13H2. The van der Waals surface area contributed by atoms with Crippen LogP contribution in [0.15, 0.2) is 47.4 Å². The zero-order valence-corrected chi connectivity index (χ0v) is 17.6. The predicted molar refractivity (Wildman–Crippen MR) is 111 cm³/mol. The van der Waals surface area contributed by atoms with Gasteiger partial charge in [-0.25, -0.2) is 17.5 Å². The Morgan fingerprint density at radius 1 is 1.00 bits per heavy atom. The third-order valence-electron chi connectivity index (χ3n) is 4.71. The van der Waals surface area contributed by atoms with E-state index in [-0.39, 0.29) is 9.92 Å². The van der Waals surface area contributed by atoms with E-state index in [1.807, 2.05) is 24.3 Å². The highest BCUT2D eigenvalue weighted by molar-refractivity contribution is 7.89. The highest BCUT2D eigenvalue weighted by atomic mass is 35.5. The van der Waals surface area contributed by atoms with Crippen molar-refractivity contribution in [1.29, 1.82) is 0 Å². The molecular formula is C19H22Cl2FN3O2S. The molecule has 0 aromatic heterocycles. The van der Waals surface area contributed by atoms with E-state index in [4.69, 9.17) is 23.2 Å². The van der Waals surface area contributed by atoms with E-state index in [0.717, 1.165) is 55.6 Å². The van der Waals surface area contributed by atoms with Crippen molar-refractivity contribution in [3.05, 3.63) is 58.3 Å². The van der Waals surface area contributed by atoms with Crippen molar-refractivity contribution in [1.82, 2.24) is 9.62 Å². The summed E-state index contributed by atoms with van der Waals surface area (Å²) >= 11 is 11.6. The quantitative estimate of drug-likeness (QED) is 0.661. The number of piperazine rings is 1. The number of rotatable bonds is 7. The average molecular weight is 446 g/mol. The summed E-state index contributed by atoms with van der Waals surface area (Å²) in [6, 6.07) is 11.2. The second kappa shape index (κ2) is 9.41. The topological polar surface area (TPSA) is 52.7 Å². The first-order valence-electron chi connectivity index (χ1n) is 9.03. The first kappa shape index (κ1) is 21.3. The second-order valence-electron chi connectivity index (χ2n) is 6.63. The van der Waals surface area contributed by atoms with Crippen LogP contribution in [-0.4, -0.2) is 52.6 Å². The van der Waals surface area contributed by atoms with Crippen LogP contribution in [0.2, 0.25) is 10.0 Å². The summed E-state index contributed by atoms with van der Waals surface area (Å²) in [5, 5.41) is 0.522. The Morgan fingerprint density at radius 2 is 1.68 bits per heavy atom. The predicted octanol–water partition coefficient (Wildman–Crippen LogP) is 3.62. The summed E-state index contributed by atoms with van der Waals surface area (Å²) in [6.45, 7) is 4.80. The Hall–Kier alpha value is -1.38. The van der Waals surface area contributed by atoms with E-state index < -0.39 is 15.8 Å². The van der Waals surface area contributed by atoms with Gasteiger partial charge in [-0.05, 0) is 55.4 Å². The van der Waals surface area contributed by atoms with Gasteiger partial charge in [-0.3, -0.25) is 4.90 Å². The van der Waals surface area contributed by atoms with Crippen molar-refractivity contribution < 1.29 is 12.8 Å². The molecule has 0 radical (unpaired) electrons. The van der Waals surface area contributed by atoms with Crippen LogP contribution in [0.4, 0.5) is 10.1 Å². The van der Waals surface area contributed by atoms with Gasteiger partial charge < -0.3 is 4.90 Å². The van der Waals surface area contributed by atoms with Crippen molar-refractivity contribution in [3.63, 3.8) is 0 Å². The van der Waals surface area contributed by atoms with Gasteiger partial charge in [-0.2, -0.15) is 0 Å². The number of halogens is 3. The summed E-state index contributed by atoms with van der Waals surface area (Å²) in [5.74, 6) is -0.640. The molecule has 152 valence electrons. The molecule has 28 heavy (non-hydrogen) atoms. The fraction of sp³-hybridized carbons (Fsp3) is 0.368. The van der Waals surface area contributed by atoms with Gasteiger partial charge in [0, 0.05) is 43.4 Å². The third kappa shape index (κ3) is 5.58. The number of nitrogens with zero attached hydrogens (tertiary/aromatic N) is 2. The molecule has 1 aliphatic rings. The van der Waals surface area contributed by atoms with Crippen LogP contribution in [0, 0.1) is 5.82 Å². The van der Waals surface area contributed by atoms with Crippen LogP contribution in [-0.2, 0) is 10.0 Å². The fourth-order valence-electron chi connectivity index (χ4n) is 3.12. The zero-order valence-electron chi connectivity index (χ0n) is 15.2. The monoisotopic (exact) mass is 445 g/mol. The lowest BCUT2D eigenvalue weighted by Gasteiger charge is -2.36. The van der Waals surface area contributed by atoms with Crippen molar-refractivity contribution in [2.45, 2.75) is 11.3 Å². The molecule has 0 unspecified atom stereocenters. The molecule has 2 aromatic rings. The minimum absolute atomic E-state index is 0.0320. The summed E-state index contributed by atoms with van der Waals surface area (Å²) in [5.41, 5.74) is 1.16. The Kier molecular flexibility index (Phi) is 7.17. The van der Waals surface area contributed by atoms with E-state index >= 15 is 0 Å². The SMILES string of the molecule is O=S(=O)(NCCCN1CCN(c2ccc(Cl)cc2)CC1)c1ccc(F)c(Cl)c1. The van der Waals surface area contributed by atoms with Gasteiger partial charge in [0.15, 0.2) is 0 Å². The van der Waals surface area contributed by atoms with Crippen molar-refractivity contribution in [2.75, 3.05) is 44.2 Å². The maximum absolute atomic E-state index is 13.2. The first-order valence-corrected chi connectivity index (χ1v) is 11.3. The maximum Gasteiger partial charge on any atom is 0.240 e. The summed E-state index contributed by atoms with van der Waals surface area (Å²) in [7, 11) is -3.69.